The van der Waals surface area contributed by atoms with Gasteiger partial charge < -0.3 is 10.2 Å². The topological polar surface area (TPSA) is 49.4 Å². The van der Waals surface area contributed by atoms with E-state index in [2.05, 4.69) is 11.4 Å². The molecule has 0 aromatic heterocycles. The second-order valence-corrected chi connectivity index (χ2v) is 5.59. The highest BCUT2D eigenvalue weighted by molar-refractivity contribution is 6.41. The Labute approximate surface area is 133 Å². The zero-order valence-corrected chi connectivity index (χ0v) is 12.6. The molecule has 3 rings (SSSR count). The number of nitrogens with zero attached hydrogens (tertiary/aromatic N) is 1. The molecule has 1 heterocycles. The highest BCUT2D eigenvalue weighted by atomic mass is 35.5. The Morgan fingerprint density at radius 1 is 1.00 bits per heavy atom. The fourth-order valence-electron chi connectivity index (χ4n) is 2.55. The number of anilines is 1. The third-order valence-corrected chi connectivity index (χ3v) is 4.06. The van der Waals surface area contributed by atoms with Crippen LogP contribution in [0.1, 0.15) is 11.1 Å². The van der Waals surface area contributed by atoms with Crippen molar-refractivity contribution in [3.63, 3.8) is 0 Å². The number of rotatable bonds is 1. The minimum absolute atomic E-state index is 0.410. The molecule has 1 aliphatic rings. The highest BCUT2D eigenvalue weighted by Gasteiger charge is 2.25. The van der Waals surface area contributed by atoms with Gasteiger partial charge in [0.15, 0.2) is 0 Å². The van der Waals surface area contributed by atoms with E-state index in [-0.39, 0.29) is 0 Å². The number of benzene rings is 2. The molecule has 112 valence electrons. The van der Waals surface area contributed by atoms with Crippen molar-refractivity contribution in [3.8, 4) is 0 Å². The van der Waals surface area contributed by atoms with Crippen molar-refractivity contribution in [1.82, 2.24) is 4.90 Å². The summed E-state index contributed by atoms with van der Waals surface area (Å²) < 4.78 is 0. The van der Waals surface area contributed by atoms with Crippen LogP contribution < -0.4 is 5.32 Å². The maximum Gasteiger partial charge on any atom is 0.313 e. The molecule has 2 aromatic rings. The average Bonchev–Trinajstić information content (AvgIpc) is 2.55. The first kappa shape index (κ1) is 14.6. The van der Waals surface area contributed by atoms with Crippen LogP contribution in [0.3, 0.4) is 0 Å². The summed E-state index contributed by atoms with van der Waals surface area (Å²) in [7, 11) is 0. The molecule has 4 nitrogen and oxygen atoms in total. The minimum atomic E-state index is -0.660. The van der Waals surface area contributed by atoms with Crippen LogP contribution >= 0.6 is 11.6 Å². The lowest BCUT2D eigenvalue weighted by molar-refractivity contribution is -0.143. The summed E-state index contributed by atoms with van der Waals surface area (Å²) in [5.74, 6) is -1.19. The van der Waals surface area contributed by atoms with Crippen molar-refractivity contribution in [2.24, 2.45) is 0 Å². The molecule has 0 saturated heterocycles. The molecule has 2 amide bonds. The maximum atomic E-state index is 12.3. The smallest absolute Gasteiger partial charge is 0.313 e. The molecule has 5 heteroatoms. The predicted molar refractivity (Wildman–Crippen MR) is 85.6 cm³/mol. The minimum Gasteiger partial charge on any atom is -0.330 e. The van der Waals surface area contributed by atoms with Gasteiger partial charge in [-0.25, -0.2) is 0 Å². The van der Waals surface area contributed by atoms with E-state index in [1.807, 2.05) is 18.2 Å². The first-order chi connectivity index (χ1) is 10.6. The number of nitrogens with one attached hydrogen (secondary N) is 1. The number of halogens is 1. The van der Waals surface area contributed by atoms with Crippen LogP contribution in [0.4, 0.5) is 5.69 Å². The van der Waals surface area contributed by atoms with Crippen LogP contribution in [0.2, 0.25) is 5.02 Å². The molecule has 1 N–H and O–H groups in total. The monoisotopic (exact) mass is 314 g/mol. The number of amides is 2. The van der Waals surface area contributed by atoms with E-state index >= 15 is 0 Å². The zero-order valence-electron chi connectivity index (χ0n) is 11.9. The first-order valence-corrected chi connectivity index (χ1v) is 7.44. The summed E-state index contributed by atoms with van der Waals surface area (Å²) in [6, 6.07) is 14.8. The van der Waals surface area contributed by atoms with Gasteiger partial charge in [-0.3, -0.25) is 9.59 Å². The van der Waals surface area contributed by atoms with E-state index in [0.717, 1.165) is 12.0 Å². The summed E-state index contributed by atoms with van der Waals surface area (Å²) in [4.78, 5) is 26.0. The fourth-order valence-corrected chi connectivity index (χ4v) is 2.73. The van der Waals surface area contributed by atoms with Crippen molar-refractivity contribution in [2.45, 2.75) is 13.0 Å². The lowest BCUT2D eigenvalue weighted by Crippen LogP contribution is -2.42. The van der Waals surface area contributed by atoms with E-state index in [0.29, 0.717) is 23.8 Å². The lowest BCUT2D eigenvalue weighted by Gasteiger charge is -2.28. The third-order valence-electron chi connectivity index (χ3n) is 3.73. The third kappa shape index (κ3) is 2.97. The van der Waals surface area contributed by atoms with Gasteiger partial charge in [0.1, 0.15) is 0 Å². The van der Waals surface area contributed by atoms with Gasteiger partial charge in [0, 0.05) is 13.1 Å². The molecule has 0 saturated carbocycles. The van der Waals surface area contributed by atoms with Crippen LogP contribution in [-0.4, -0.2) is 23.3 Å². The molecule has 0 fully saturated rings. The van der Waals surface area contributed by atoms with Crippen LogP contribution in [-0.2, 0) is 22.6 Å². The summed E-state index contributed by atoms with van der Waals surface area (Å²) in [5, 5.41) is 2.98. The van der Waals surface area contributed by atoms with E-state index in [1.165, 1.54) is 5.56 Å². The number of carbonyl (C=O) groups excluding carboxylic acids is 2. The first-order valence-electron chi connectivity index (χ1n) is 7.07. The summed E-state index contributed by atoms with van der Waals surface area (Å²) in [6.45, 7) is 1.01. The summed E-state index contributed by atoms with van der Waals surface area (Å²) >= 11 is 5.99. The normalized spacial score (nSPS) is 13.4. The molecule has 0 atom stereocenters. The largest absolute Gasteiger partial charge is 0.330 e. The molecule has 0 unspecified atom stereocenters. The van der Waals surface area contributed by atoms with Gasteiger partial charge in [-0.15, -0.1) is 0 Å². The van der Waals surface area contributed by atoms with Crippen molar-refractivity contribution in [3.05, 3.63) is 64.7 Å². The van der Waals surface area contributed by atoms with Crippen molar-refractivity contribution >= 4 is 29.1 Å². The van der Waals surface area contributed by atoms with Gasteiger partial charge in [0.25, 0.3) is 0 Å². The van der Waals surface area contributed by atoms with Crippen LogP contribution in [0, 0.1) is 0 Å². The Bertz CT molecular complexity index is 730. The molecular weight excluding hydrogens is 300 g/mol. The van der Waals surface area contributed by atoms with Gasteiger partial charge in [-0.05, 0) is 29.7 Å². The molecular formula is C17H15ClN2O2. The number of hydrogen-bond acceptors (Lipinski definition) is 2. The van der Waals surface area contributed by atoms with Crippen LogP contribution in [0.15, 0.2) is 48.5 Å². The Hall–Kier alpha value is -2.33. The predicted octanol–water partition coefficient (Wildman–Crippen LogP) is 2.86. The summed E-state index contributed by atoms with van der Waals surface area (Å²) in [6.07, 6.45) is 0.765. The molecule has 0 radical (unpaired) electrons. The van der Waals surface area contributed by atoms with Crippen molar-refractivity contribution < 1.29 is 9.59 Å². The quantitative estimate of drug-likeness (QED) is 0.823. The van der Waals surface area contributed by atoms with Gasteiger partial charge in [0.05, 0.1) is 10.7 Å². The van der Waals surface area contributed by atoms with Crippen LogP contribution in [0.5, 0.6) is 0 Å². The van der Waals surface area contributed by atoms with Gasteiger partial charge in [-0.2, -0.15) is 0 Å². The van der Waals surface area contributed by atoms with Crippen molar-refractivity contribution in [2.75, 3.05) is 11.9 Å². The van der Waals surface area contributed by atoms with Gasteiger partial charge >= 0.3 is 11.8 Å². The number of carbonyl (C=O) groups is 2. The Morgan fingerprint density at radius 3 is 2.45 bits per heavy atom. The van der Waals surface area contributed by atoms with Crippen LogP contribution in [0.25, 0.3) is 0 Å². The second kappa shape index (κ2) is 6.20. The lowest BCUT2D eigenvalue weighted by atomic mass is 10.00. The Balaban J connectivity index is 1.70. The average molecular weight is 315 g/mol. The fraction of sp³-hybridized carbons (Fsp3) is 0.176. The number of para-hydroxylation sites is 1. The molecule has 0 spiro atoms. The number of hydrogen-bond donors (Lipinski definition) is 1. The molecule has 0 aliphatic carbocycles. The molecule has 2 aromatic carbocycles. The molecule has 22 heavy (non-hydrogen) atoms. The second-order valence-electron chi connectivity index (χ2n) is 5.18. The maximum absolute atomic E-state index is 12.3. The van der Waals surface area contributed by atoms with Gasteiger partial charge in [0.2, 0.25) is 0 Å². The molecule has 0 bridgehead atoms. The standard InChI is InChI=1S/C17H15ClN2O2/c18-14-7-3-4-8-15(14)19-16(21)17(22)20-10-9-12-5-1-2-6-13(12)11-20/h1-8H,9-11H2,(H,19,21). The van der Waals surface area contributed by atoms with E-state index in [9.17, 15) is 9.59 Å². The SMILES string of the molecule is O=C(Nc1ccccc1Cl)C(=O)N1CCc2ccccc2C1. The number of fused-ring (bicyclic) bond motifs is 1. The zero-order chi connectivity index (χ0) is 15.5. The Kier molecular flexibility index (Phi) is 4.11. The Morgan fingerprint density at radius 2 is 1.68 bits per heavy atom. The van der Waals surface area contributed by atoms with E-state index < -0.39 is 11.8 Å². The van der Waals surface area contributed by atoms with E-state index in [1.54, 1.807) is 29.2 Å². The van der Waals surface area contributed by atoms with Gasteiger partial charge in [-0.1, -0.05) is 48.0 Å². The van der Waals surface area contributed by atoms with Crippen molar-refractivity contribution in [1.29, 1.82) is 0 Å². The summed E-state index contributed by atoms with van der Waals surface area (Å²) in [5.41, 5.74) is 2.77. The van der Waals surface area contributed by atoms with E-state index in [4.69, 9.17) is 11.6 Å². The highest BCUT2D eigenvalue weighted by Crippen LogP contribution is 2.21. The molecule has 1 aliphatic heterocycles.